The Balaban J connectivity index is 2.37. The van der Waals surface area contributed by atoms with Crippen LogP contribution < -0.4 is 4.74 Å². The summed E-state index contributed by atoms with van der Waals surface area (Å²) in [5.74, 6) is -0.646. The molecule has 0 saturated carbocycles. The predicted octanol–water partition coefficient (Wildman–Crippen LogP) is 5.05. The van der Waals surface area contributed by atoms with E-state index in [2.05, 4.69) is 0 Å². The lowest BCUT2D eigenvalue weighted by Crippen LogP contribution is -2.41. The maximum absolute atomic E-state index is 13.5. The number of ether oxygens (including phenoxy) is 1. The molecule has 0 N–H and O–H groups in total. The molecule has 0 amide bonds. The maximum Gasteiger partial charge on any atom is 0.429 e. The molecule has 6 heteroatoms. The Labute approximate surface area is 141 Å². The van der Waals surface area contributed by atoms with Crippen LogP contribution in [0.4, 0.5) is 13.2 Å². The third-order valence-corrected chi connectivity index (χ3v) is 3.96. The van der Waals surface area contributed by atoms with E-state index in [4.69, 9.17) is 16.3 Å². The molecular weight excluding hydrogens is 341 g/mol. The first-order valence-electron chi connectivity index (χ1n) is 7.13. The topological polar surface area (TPSA) is 26.3 Å². The molecule has 0 spiro atoms. The minimum atomic E-state index is -4.71. The van der Waals surface area contributed by atoms with Gasteiger partial charge in [-0.15, -0.1) is 0 Å². The van der Waals surface area contributed by atoms with Crippen LogP contribution in [0.5, 0.6) is 5.75 Å². The van der Waals surface area contributed by atoms with E-state index in [1.165, 1.54) is 18.2 Å². The molecule has 24 heavy (non-hydrogen) atoms. The van der Waals surface area contributed by atoms with Gasteiger partial charge in [0.05, 0.1) is 5.57 Å². The Morgan fingerprint density at radius 3 is 2.38 bits per heavy atom. The van der Waals surface area contributed by atoms with Crippen molar-refractivity contribution in [2.24, 2.45) is 0 Å². The monoisotopic (exact) mass is 352 g/mol. The molecule has 0 aliphatic carbocycles. The van der Waals surface area contributed by atoms with E-state index in [1.807, 2.05) is 0 Å². The third-order valence-electron chi connectivity index (χ3n) is 3.73. The highest BCUT2D eigenvalue weighted by atomic mass is 35.5. The van der Waals surface area contributed by atoms with Gasteiger partial charge >= 0.3 is 6.18 Å². The average Bonchev–Trinajstić information content (AvgIpc) is 2.52. The molecule has 0 saturated heterocycles. The van der Waals surface area contributed by atoms with Crippen LogP contribution >= 0.6 is 11.6 Å². The Morgan fingerprint density at radius 1 is 1.12 bits per heavy atom. The highest BCUT2D eigenvalue weighted by Gasteiger charge is 2.49. The van der Waals surface area contributed by atoms with E-state index in [1.54, 1.807) is 30.3 Å². The number of ketones is 1. The fourth-order valence-corrected chi connectivity index (χ4v) is 2.94. The number of benzene rings is 2. The second-order valence-corrected chi connectivity index (χ2v) is 5.83. The second-order valence-electron chi connectivity index (χ2n) is 5.39. The fourth-order valence-electron chi connectivity index (χ4n) is 2.77. The van der Waals surface area contributed by atoms with Gasteiger partial charge in [-0.25, -0.2) is 0 Å². The first-order chi connectivity index (χ1) is 11.3. The van der Waals surface area contributed by atoms with E-state index in [0.29, 0.717) is 16.1 Å². The molecule has 2 aromatic rings. The van der Waals surface area contributed by atoms with Crippen LogP contribution in [0.2, 0.25) is 5.02 Å². The van der Waals surface area contributed by atoms with Crippen LogP contribution in [0, 0.1) is 0 Å². The van der Waals surface area contributed by atoms with Crippen molar-refractivity contribution in [3.8, 4) is 5.75 Å². The minimum Gasteiger partial charge on any atom is -0.475 e. The molecule has 1 atom stereocenters. The zero-order valence-electron chi connectivity index (χ0n) is 12.5. The zero-order valence-corrected chi connectivity index (χ0v) is 13.3. The number of fused-ring (bicyclic) bond motifs is 1. The molecule has 2 nitrogen and oxygen atoms in total. The minimum absolute atomic E-state index is 0.0468. The Morgan fingerprint density at radius 2 is 1.79 bits per heavy atom. The molecule has 0 aromatic heterocycles. The van der Waals surface area contributed by atoms with Gasteiger partial charge in [0.15, 0.2) is 5.78 Å². The summed E-state index contributed by atoms with van der Waals surface area (Å²) in [5.41, 5.74) is 0.667. The number of alkyl halides is 3. The number of Topliss-reactive ketones (excluding diaryl/α,β-unsaturated/α-hetero) is 1. The SMILES string of the molecule is CC(=O)C1=C(c2ccccc2)c2cc(Cl)ccc2OC1C(F)(F)F. The summed E-state index contributed by atoms with van der Waals surface area (Å²) in [7, 11) is 0. The lowest BCUT2D eigenvalue weighted by atomic mass is 9.86. The highest BCUT2D eigenvalue weighted by Crippen LogP contribution is 2.45. The Kier molecular flexibility index (Phi) is 4.13. The summed E-state index contributed by atoms with van der Waals surface area (Å²) in [6.07, 6.45) is -7.02. The molecule has 1 aliphatic heterocycles. The van der Waals surface area contributed by atoms with Crippen LogP contribution in [0.15, 0.2) is 54.1 Å². The normalized spacial score (nSPS) is 17.3. The lowest BCUT2D eigenvalue weighted by Gasteiger charge is -2.31. The fraction of sp³-hybridized carbons (Fsp3) is 0.167. The summed E-state index contributed by atoms with van der Waals surface area (Å²) < 4.78 is 45.5. The average molecular weight is 353 g/mol. The van der Waals surface area contributed by atoms with Gasteiger partial charge < -0.3 is 4.74 Å². The van der Waals surface area contributed by atoms with Crippen LogP contribution in [-0.2, 0) is 4.79 Å². The van der Waals surface area contributed by atoms with Crippen LogP contribution in [0.25, 0.3) is 5.57 Å². The smallest absolute Gasteiger partial charge is 0.429 e. The van der Waals surface area contributed by atoms with Crippen molar-refractivity contribution in [3.63, 3.8) is 0 Å². The standard InChI is InChI=1S/C18H12ClF3O2/c1-10(23)15-16(11-5-3-2-4-6-11)13-9-12(19)7-8-14(13)24-17(15)18(20,21)22/h2-9,17H,1H3. The zero-order chi connectivity index (χ0) is 17.5. The van der Waals surface area contributed by atoms with Crippen molar-refractivity contribution in [3.05, 3.63) is 70.3 Å². The molecule has 2 aromatic carbocycles. The van der Waals surface area contributed by atoms with Gasteiger partial charge in [-0.05, 0) is 30.7 Å². The van der Waals surface area contributed by atoms with Crippen molar-refractivity contribution in [2.45, 2.75) is 19.2 Å². The second kappa shape index (κ2) is 5.98. The van der Waals surface area contributed by atoms with Crippen LogP contribution in [-0.4, -0.2) is 18.1 Å². The van der Waals surface area contributed by atoms with Crippen molar-refractivity contribution in [2.75, 3.05) is 0 Å². The van der Waals surface area contributed by atoms with Crippen LogP contribution in [0.1, 0.15) is 18.1 Å². The molecule has 0 fully saturated rings. The van der Waals surface area contributed by atoms with E-state index in [0.717, 1.165) is 6.92 Å². The Hall–Kier alpha value is -2.27. The first-order valence-corrected chi connectivity index (χ1v) is 7.50. The van der Waals surface area contributed by atoms with Crippen molar-refractivity contribution >= 4 is 23.0 Å². The molecule has 1 aliphatic rings. The van der Waals surface area contributed by atoms with E-state index < -0.39 is 23.6 Å². The molecule has 1 heterocycles. The summed E-state index contributed by atoms with van der Waals surface area (Å²) in [4.78, 5) is 12.1. The predicted molar refractivity (Wildman–Crippen MR) is 85.1 cm³/mol. The highest BCUT2D eigenvalue weighted by molar-refractivity contribution is 6.31. The van der Waals surface area contributed by atoms with E-state index >= 15 is 0 Å². The summed E-state index contributed by atoms with van der Waals surface area (Å²) in [6, 6.07) is 12.8. The van der Waals surface area contributed by atoms with E-state index in [-0.39, 0.29) is 11.3 Å². The third kappa shape index (κ3) is 2.91. The summed E-state index contributed by atoms with van der Waals surface area (Å²) >= 11 is 6.00. The van der Waals surface area contributed by atoms with Gasteiger partial charge in [0.1, 0.15) is 5.75 Å². The van der Waals surface area contributed by atoms with E-state index in [9.17, 15) is 18.0 Å². The lowest BCUT2D eigenvalue weighted by molar-refractivity contribution is -0.185. The number of carbonyl (C=O) groups is 1. The maximum atomic E-state index is 13.5. The number of halogens is 4. The van der Waals surface area contributed by atoms with Gasteiger partial charge in [-0.3, -0.25) is 4.79 Å². The molecule has 0 radical (unpaired) electrons. The largest absolute Gasteiger partial charge is 0.475 e. The van der Waals surface area contributed by atoms with Gasteiger partial charge in [0.2, 0.25) is 6.10 Å². The van der Waals surface area contributed by atoms with Gasteiger partial charge in [-0.2, -0.15) is 13.2 Å². The van der Waals surface area contributed by atoms with Crippen molar-refractivity contribution in [1.29, 1.82) is 0 Å². The number of carbonyl (C=O) groups excluding carboxylic acids is 1. The first kappa shape index (κ1) is 16.6. The summed E-state index contributed by atoms with van der Waals surface area (Å²) in [5, 5.41) is 0.346. The van der Waals surface area contributed by atoms with Gasteiger partial charge in [0.25, 0.3) is 0 Å². The number of rotatable bonds is 2. The molecule has 3 rings (SSSR count). The molecular formula is C18H12ClF3O2. The van der Waals surface area contributed by atoms with Crippen molar-refractivity contribution in [1.82, 2.24) is 0 Å². The van der Waals surface area contributed by atoms with Gasteiger partial charge in [-0.1, -0.05) is 41.9 Å². The number of hydrogen-bond donors (Lipinski definition) is 0. The van der Waals surface area contributed by atoms with Crippen molar-refractivity contribution < 1.29 is 22.7 Å². The molecule has 1 unspecified atom stereocenters. The molecule has 0 bridgehead atoms. The Bertz CT molecular complexity index is 826. The summed E-state index contributed by atoms with van der Waals surface area (Å²) in [6.45, 7) is 1.11. The van der Waals surface area contributed by atoms with Crippen LogP contribution in [0.3, 0.4) is 0 Å². The van der Waals surface area contributed by atoms with Gasteiger partial charge in [0, 0.05) is 16.2 Å². The quantitative estimate of drug-likeness (QED) is 0.755. The molecule has 124 valence electrons. The number of hydrogen-bond acceptors (Lipinski definition) is 2.